The molecule has 7 heteroatoms. The van der Waals surface area contributed by atoms with Gasteiger partial charge < -0.3 is 9.47 Å². The second-order valence-corrected chi connectivity index (χ2v) is 7.96. The molecule has 0 fully saturated rings. The van der Waals surface area contributed by atoms with Gasteiger partial charge in [0, 0.05) is 36.6 Å². The van der Waals surface area contributed by atoms with Crippen LogP contribution in [0.15, 0.2) is 60.8 Å². The monoisotopic (exact) mass is 439 g/mol. The van der Waals surface area contributed by atoms with Crippen LogP contribution in [0.2, 0.25) is 5.02 Å². The zero-order chi connectivity index (χ0) is 22.4. The number of carbonyl (C=O) groups excluding carboxylic acids is 1. The topological polar surface area (TPSA) is 68.4 Å². The van der Waals surface area contributed by atoms with E-state index in [1.165, 1.54) is 23.3 Å². The number of carbonyl (C=O) groups is 1. The molecule has 0 atom stereocenters. The van der Waals surface area contributed by atoms with E-state index in [1.807, 2.05) is 30.5 Å². The van der Waals surface area contributed by atoms with E-state index >= 15 is 0 Å². The summed E-state index contributed by atoms with van der Waals surface area (Å²) in [7, 11) is 0. The zero-order valence-electron chi connectivity index (χ0n) is 17.8. The standard InChI is InChI=1S/C24H26ClN3O3/c1-3-4-13-27(24(29)19-11-12-22(25)23(15-19)28(30)31)17-21-10-7-14-26(21)16-20-9-6-5-8-18(20)2/h5-12,14-15H,3-4,13,16-17H2,1-2H3. The first kappa shape index (κ1) is 22.6. The van der Waals surface area contributed by atoms with Gasteiger partial charge in [0.05, 0.1) is 11.5 Å². The lowest BCUT2D eigenvalue weighted by Gasteiger charge is -2.24. The molecule has 3 aromatic rings. The lowest BCUT2D eigenvalue weighted by atomic mass is 10.1. The number of unbranched alkanes of at least 4 members (excludes halogenated alkanes) is 1. The number of aryl methyl sites for hydroxylation is 1. The molecular weight excluding hydrogens is 414 g/mol. The fraction of sp³-hybridized carbons (Fsp3) is 0.292. The van der Waals surface area contributed by atoms with Crippen LogP contribution in [0.5, 0.6) is 0 Å². The Balaban J connectivity index is 1.85. The predicted octanol–water partition coefficient (Wildman–Crippen LogP) is 5.85. The van der Waals surface area contributed by atoms with Gasteiger partial charge in [0.15, 0.2) is 0 Å². The van der Waals surface area contributed by atoms with Gasteiger partial charge in [-0.3, -0.25) is 14.9 Å². The highest BCUT2D eigenvalue weighted by atomic mass is 35.5. The van der Waals surface area contributed by atoms with Crippen LogP contribution < -0.4 is 0 Å². The SMILES string of the molecule is CCCCN(Cc1cccn1Cc1ccccc1C)C(=O)c1ccc(Cl)c([N+](=O)[O-])c1. The highest BCUT2D eigenvalue weighted by Gasteiger charge is 2.21. The lowest BCUT2D eigenvalue weighted by Crippen LogP contribution is -2.32. The Morgan fingerprint density at radius 3 is 2.65 bits per heavy atom. The lowest BCUT2D eigenvalue weighted by molar-refractivity contribution is -0.384. The molecule has 0 saturated heterocycles. The highest BCUT2D eigenvalue weighted by Crippen LogP contribution is 2.26. The maximum absolute atomic E-state index is 13.2. The van der Waals surface area contributed by atoms with Crippen molar-refractivity contribution in [2.45, 2.75) is 39.8 Å². The van der Waals surface area contributed by atoms with Gasteiger partial charge in [0.1, 0.15) is 5.02 Å². The molecule has 0 aliphatic carbocycles. The summed E-state index contributed by atoms with van der Waals surface area (Å²) in [6.45, 7) is 5.87. The number of hydrogen-bond acceptors (Lipinski definition) is 3. The van der Waals surface area contributed by atoms with Crippen LogP contribution in [0, 0.1) is 17.0 Å². The average Bonchev–Trinajstić information content (AvgIpc) is 3.19. The van der Waals surface area contributed by atoms with E-state index in [2.05, 4.69) is 30.5 Å². The zero-order valence-corrected chi connectivity index (χ0v) is 18.5. The first-order valence-electron chi connectivity index (χ1n) is 10.3. The summed E-state index contributed by atoms with van der Waals surface area (Å²) < 4.78 is 2.14. The number of rotatable bonds is 9. The van der Waals surface area contributed by atoms with Crippen molar-refractivity contribution in [1.82, 2.24) is 9.47 Å². The molecule has 2 aromatic carbocycles. The molecule has 0 N–H and O–H groups in total. The molecule has 1 amide bonds. The van der Waals surface area contributed by atoms with Crippen molar-refractivity contribution in [3.05, 3.63) is 98.3 Å². The Labute approximate surface area is 187 Å². The number of halogens is 1. The Hall–Kier alpha value is -3.12. The minimum Gasteiger partial charge on any atom is -0.345 e. The summed E-state index contributed by atoms with van der Waals surface area (Å²) in [5, 5.41) is 11.3. The molecule has 0 aliphatic heterocycles. The van der Waals surface area contributed by atoms with E-state index in [9.17, 15) is 14.9 Å². The summed E-state index contributed by atoms with van der Waals surface area (Å²) in [5.74, 6) is -0.239. The van der Waals surface area contributed by atoms with Crippen molar-refractivity contribution in [3.63, 3.8) is 0 Å². The first-order chi connectivity index (χ1) is 14.9. The Morgan fingerprint density at radius 1 is 1.16 bits per heavy atom. The van der Waals surface area contributed by atoms with E-state index in [0.29, 0.717) is 13.1 Å². The van der Waals surface area contributed by atoms with Crippen molar-refractivity contribution in [1.29, 1.82) is 0 Å². The fourth-order valence-corrected chi connectivity index (χ4v) is 3.67. The minimum absolute atomic E-state index is 0.0220. The van der Waals surface area contributed by atoms with Crippen LogP contribution in [0.1, 0.15) is 46.9 Å². The smallest absolute Gasteiger partial charge is 0.288 e. The van der Waals surface area contributed by atoms with E-state index in [4.69, 9.17) is 11.6 Å². The summed E-state index contributed by atoms with van der Waals surface area (Å²) in [6.07, 6.45) is 3.80. The van der Waals surface area contributed by atoms with Gasteiger partial charge in [0.2, 0.25) is 0 Å². The third-order valence-corrected chi connectivity index (χ3v) is 5.66. The van der Waals surface area contributed by atoms with Gasteiger partial charge in [-0.05, 0) is 48.7 Å². The second kappa shape index (κ2) is 10.3. The van der Waals surface area contributed by atoms with E-state index in [-0.39, 0.29) is 22.2 Å². The van der Waals surface area contributed by atoms with Crippen LogP contribution in [0.4, 0.5) is 5.69 Å². The van der Waals surface area contributed by atoms with Crippen molar-refractivity contribution in [3.8, 4) is 0 Å². The number of aromatic nitrogens is 1. The molecule has 31 heavy (non-hydrogen) atoms. The third kappa shape index (κ3) is 5.52. The number of nitrogens with zero attached hydrogens (tertiary/aromatic N) is 3. The van der Waals surface area contributed by atoms with Gasteiger partial charge in [-0.25, -0.2) is 0 Å². The summed E-state index contributed by atoms with van der Waals surface area (Å²) in [6, 6.07) is 16.4. The predicted molar refractivity (Wildman–Crippen MR) is 122 cm³/mol. The molecule has 0 bridgehead atoms. The summed E-state index contributed by atoms with van der Waals surface area (Å²) >= 11 is 5.91. The highest BCUT2D eigenvalue weighted by molar-refractivity contribution is 6.32. The normalized spacial score (nSPS) is 10.8. The van der Waals surface area contributed by atoms with Gasteiger partial charge >= 0.3 is 0 Å². The van der Waals surface area contributed by atoms with Crippen LogP contribution in [0.3, 0.4) is 0 Å². The molecule has 0 unspecified atom stereocenters. The molecular formula is C24H26ClN3O3. The fourth-order valence-electron chi connectivity index (χ4n) is 3.48. The van der Waals surface area contributed by atoms with Crippen LogP contribution in [-0.4, -0.2) is 26.8 Å². The maximum atomic E-state index is 13.2. The number of nitro benzene ring substituents is 1. The van der Waals surface area contributed by atoms with Crippen molar-refractivity contribution in [2.75, 3.05) is 6.54 Å². The van der Waals surface area contributed by atoms with Crippen LogP contribution in [-0.2, 0) is 13.1 Å². The molecule has 1 aromatic heterocycles. The Kier molecular flexibility index (Phi) is 7.47. The van der Waals surface area contributed by atoms with Crippen molar-refractivity contribution >= 4 is 23.2 Å². The molecule has 3 rings (SSSR count). The third-order valence-electron chi connectivity index (χ3n) is 5.34. The minimum atomic E-state index is -0.567. The number of nitro groups is 1. The molecule has 0 saturated carbocycles. The van der Waals surface area contributed by atoms with Crippen molar-refractivity contribution in [2.24, 2.45) is 0 Å². The molecule has 0 spiro atoms. The number of amides is 1. The van der Waals surface area contributed by atoms with Gasteiger partial charge in [-0.15, -0.1) is 0 Å². The second-order valence-electron chi connectivity index (χ2n) is 7.56. The van der Waals surface area contributed by atoms with Crippen molar-refractivity contribution < 1.29 is 9.72 Å². The summed E-state index contributed by atoms with van der Waals surface area (Å²) in [5.41, 5.74) is 3.46. The van der Waals surface area contributed by atoms with E-state index in [0.717, 1.165) is 25.1 Å². The number of hydrogen-bond donors (Lipinski definition) is 0. The number of benzene rings is 2. The van der Waals surface area contributed by atoms with Gasteiger partial charge in [0.25, 0.3) is 11.6 Å². The molecule has 162 valence electrons. The molecule has 0 radical (unpaired) electrons. The average molecular weight is 440 g/mol. The van der Waals surface area contributed by atoms with Gasteiger partial charge in [-0.2, -0.15) is 0 Å². The first-order valence-corrected chi connectivity index (χ1v) is 10.7. The van der Waals surface area contributed by atoms with E-state index in [1.54, 1.807) is 11.0 Å². The van der Waals surface area contributed by atoms with Crippen LogP contribution in [0.25, 0.3) is 0 Å². The molecule has 1 heterocycles. The Morgan fingerprint density at radius 2 is 1.94 bits per heavy atom. The molecule has 0 aliphatic rings. The quantitative estimate of drug-likeness (QED) is 0.310. The van der Waals surface area contributed by atoms with E-state index < -0.39 is 4.92 Å². The van der Waals surface area contributed by atoms with Crippen LogP contribution >= 0.6 is 11.6 Å². The van der Waals surface area contributed by atoms with Gasteiger partial charge in [-0.1, -0.05) is 49.2 Å². The largest absolute Gasteiger partial charge is 0.345 e. The summed E-state index contributed by atoms with van der Waals surface area (Å²) in [4.78, 5) is 25.7. The maximum Gasteiger partial charge on any atom is 0.288 e. The molecule has 6 nitrogen and oxygen atoms in total. The Bertz CT molecular complexity index is 1080.